The topological polar surface area (TPSA) is 55.9 Å². The normalized spacial score (nSPS) is 12.6. The van der Waals surface area contributed by atoms with E-state index in [0.717, 1.165) is 33.5 Å². The Balaban J connectivity index is 2.06. The van der Waals surface area contributed by atoms with Gasteiger partial charge in [0.25, 0.3) is 0 Å². The molecule has 0 saturated heterocycles. The number of halogens is 2. The zero-order valence-corrected chi connectivity index (χ0v) is 16.0. The lowest BCUT2D eigenvalue weighted by Crippen LogP contribution is -1.99. The van der Waals surface area contributed by atoms with Gasteiger partial charge in [-0.25, -0.2) is 4.39 Å². The molecule has 0 spiro atoms. The Kier molecular flexibility index (Phi) is 5.06. The summed E-state index contributed by atoms with van der Waals surface area (Å²) in [6, 6.07) is 4.43. The van der Waals surface area contributed by atoms with Gasteiger partial charge in [-0.2, -0.15) is 10.2 Å². The van der Waals surface area contributed by atoms with E-state index < -0.39 is 6.10 Å². The van der Waals surface area contributed by atoms with Crippen LogP contribution in [0.4, 0.5) is 4.39 Å². The van der Waals surface area contributed by atoms with Crippen LogP contribution in [0.25, 0.3) is 11.3 Å². The fraction of sp³-hybridized carbons (Fsp3) is 0.333. The second-order valence-electron chi connectivity index (χ2n) is 6.06. The van der Waals surface area contributed by atoms with Gasteiger partial charge in [-0.05, 0) is 53.5 Å². The van der Waals surface area contributed by atoms with Crippen molar-refractivity contribution < 1.29 is 9.50 Å². The molecular weight excluding hydrogens is 387 g/mol. The molecule has 5 nitrogen and oxygen atoms in total. The summed E-state index contributed by atoms with van der Waals surface area (Å²) < 4.78 is 18.0. The third-order valence-corrected chi connectivity index (χ3v) is 4.78. The molecule has 1 N–H and O–H groups in total. The van der Waals surface area contributed by atoms with Crippen LogP contribution in [0, 0.1) is 5.82 Å². The lowest BCUT2D eigenvalue weighted by atomic mass is 9.96. The Hall–Kier alpha value is -1.99. The number of nitrogens with zero attached hydrogens (tertiary/aromatic N) is 4. The Bertz CT molecular complexity index is 901. The van der Waals surface area contributed by atoms with Gasteiger partial charge >= 0.3 is 0 Å². The third kappa shape index (κ3) is 3.67. The second-order valence-corrected chi connectivity index (χ2v) is 6.81. The van der Waals surface area contributed by atoms with Gasteiger partial charge in [0.05, 0.1) is 11.8 Å². The average Bonchev–Trinajstić information content (AvgIpc) is 3.10. The van der Waals surface area contributed by atoms with E-state index in [-0.39, 0.29) is 5.82 Å². The van der Waals surface area contributed by atoms with E-state index in [0.29, 0.717) is 12.0 Å². The van der Waals surface area contributed by atoms with Gasteiger partial charge in [-0.3, -0.25) is 9.36 Å². The van der Waals surface area contributed by atoms with Gasteiger partial charge in [-0.1, -0.05) is 0 Å². The molecule has 0 aliphatic carbocycles. The van der Waals surface area contributed by atoms with Crippen molar-refractivity contribution >= 4 is 15.9 Å². The van der Waals surface area contributed by atoms with Crippen molar-refractivity contribution in [3.8, 4) is 11.3 Å². The van der Waals surface area contributed by atoms with E-state index in [1.807, 2.05) is 31.0 Å². The van der Waals surface area contributed by atoms with E-state index in [2.05, 4.69) is 26.1 Å². The zero-order valence-electron chi connectivity index (χ0n) is 14.4. The minimum atomic E-state index is -0.782. The van der Waals surface area contributed by atoms with Crippen LogP contribution in [0.1, 0.15) is 36.6 Å². The number of rotatable bonds is 5. The maximum Gasteiger partial charge on any atom is 0.131 e. The van der Waals surface area contributed by atoms with E-state index in [1.165, 1.54) is 12.1 Å². The molecule has 2 aromatic heterocycles. The first kappa shape index (κ1) is 17.8. The summed E-state index contributed by atoms with van der Waals surface area (Å²) in [6.07, 6.45) is 3.80. The maximum atomic E-state index is 13.6. The first-order valence-electron chi connectivity index (χ1n) is 8.11. The van der Waals surface area contributed by atoms with Crippen LogP contribution in [-0.4, -0.2) is 24.7 Å². The summed E-state index contributed by atoms with van der Waals surface area (Å²) >= 11 is 3.50. The number of aryl methyl sites for hydroxylation is 2. The molecule has 1 atom stereocenters. The molecule has 2 heterocycles. The highest BCUT2D eigenvalue weighted by Crippen LogP contribution is 2.32. The zero-order chi connectivity index (χ0) is 18.1. The number of aliphatic hydroxyl groups excluding tert-OH is 1. The minimum Gasteiger partial charge on any atom is -0.389 e. The second kappa shape index (κ2) is 7.09. The van der Waals surface area contributed by atoms with Crippen molar-refractivity contribution in [2.75, 3.05) is 0 Å². The molecule has 3 aromatic rings. The summed E-state index contributed by atoms with van der Waals surface area (Å²) in [5, 5.41) is 19.0. The molecule has 0 unspecified atom stereocenters. The molecule has 3 rings (SSSR count). The molecule has 25 heavy (non-hydrogen) atoms. The molecule has 7 heteroatoms. The third-order valence-electron chi connectivity index (χ3n) is 4.11. The number of aromatic nitrogens is 4. The standard InChI is InChI=1S/C18H20BrFN4O/c1-4-24-10-13(18(19)22-24)7-12-9-23(3)21-17(12)15-6-5-14(20)8-16(15)11(2)25/h5-6,8-11,25H,4,7H2,1-3H3/t11-/m1/s1. The van der Waals surface area contributed by atoms with Crippen molar-refractivity contribution in [1.29, 1.82) is 0 Å². The van der Waals surface area contributed by atoms with Gasteiger partial charge in [0.1, 0.15) is 10.4 Å². The largest absolute Gasteiger partial charge is 0.389 e. The van der Waals surface area contributed by atoms with Gasteiger partial charge in [0, 0.05) is 49.1 Å². The van der Waals surface area contributed by atoms with E-state index in [9.17, 15) is 9.50 Å². The first-order chi connectivity index (χ1) is 11.9. The Labute approximate surface area is 154 Å². The molecule has 0 amide bonds. The van der Waals surface area contributed by atoms with Crippen LogP contribution >= 0.6 is 15.9 Å². The Morgan fingerprint density at radius 2 is 2.00 bits per heavy atom. The number of aliphatic hydroxyl groups is 1. The van der Waals surface area contributed by atoms with Gasteiger partial charge in [-0.15, -0.1) is 0 Å². The van der Waals surface area contributed by atoms with Crippen molar-refractivity contribution in [2.24, 2.45) is 7.05 Å². The molecule has 0 saturated carbocycles. The average molecular weight is 407 g/mol. The SMILES string of the molecule is CCn1cc(Cc2cn(C)nc2-c2ccc(F)cc2[C@@H](C)O)c(Br)n1. The van der Waals surface area contributed by atoms with Crippen molar-refractivity contribution in [1.82, 2.24) is 19.6 Å². The first-order valence-corrected chi connectivity index (χ1v) is 8.90. The van der Waals surface area contributed by atoms with Crippen LogP contribution in [0.3, 0.4) is 0 Å². The van der Waals surface area contributed by atoms with E-state index >= 15 is 0 Å². The Morgan fingerprint density at radius 3 is 2.64 bits per heavy atom. The van der Waals surface area contributed by atoms with Gasteiger partial charge in [0.2, 0.25) is 0 Å². The van der Waals surface area contributed by atoms with Crippen LogP contribution in [0.2, 0.25) is 0 Å². The highest BCUT2D eigenvalue weighted by atomic mass is 79.9. The molecule has 0 fully saturated rings. The minimum absolute atomic E-state index is 0.371. The summed E-state index contributed by atoms with van der Waals surface area (Å²) in [5.41, 5.74) is 4.06. The summed E-state index contributed by atoms with van der Waals surface area (Å²) in [7, 11) is 1.85. The van der Waals surface area contributed by atoms with Gasteiger partial charge < -0.3 is 5.11 Å². The quantitative estimate of drug-likeness (QED) is 0.699. The molecule has 0 bridgehead atoms. The summed E-state index contributed by atoms with van der Waals surface area (Å²) in [5.74, 6) is -0.371. The Morgan fingerprint density at radius 1 is 1.24 bits per heavy atom. The molecule has 0 aliphatic rings. The lowest BCUT2D eigenvalue weighted by molar-refractivity contribution is 0.199. The van der Waals surface area contributed by atoms with Crippen LogP contribution in [0.5, 0.6) is 0 Å². The highest BCUT2D eigenvalue weighted by molar-refractivity contribution is 9.10. The fourth-order valence-electron chi connectivity index (χ4n) is 2.91. The van der Waals surface area contributed by atoms with Crippen LogP contribution < -0.4 is 0 Å². The van der Waals surface area contributed by atoms with Crippen LogP contribution in [-0.2, 0) is 20.0 Å². The predicted octanol–water partition coefficient (Wildman–Crippen LogP) is 3.85. The highest BCUT2D eigenvalue weighted by Gasteiger charge is 2.19. The summed E-state index contributed by atoms with van der Waals surface area (Å²) in [4.78, 5) is 0. The molecule has 1 aromatic carbocycles. The monoisotopic (exact) mass is 406 g/mol. The number of hydrogen-bond acceptors (Lipinski definition) is 3. The summed E-state index contributed by atoms with van der Waals surface area (Å²) in [6.45, 7) is 4.46. The molecule has 0 aliphatic heterocycles. The van der Waals surface area contributed by atoms with E-state index in [4.69, 9.17) is 0 Å². The predicted molar refractivity (Wildman–Crippen MR) is 97.6 cm³/mol. The molecule has 0 radical (unpaired) electrons. The maximum absolute atomic E-state index is 13.6. The smallest absolute Gasteiger partial charge is 0.131 e. The van der Waals surface area contributed by atoms with Crippen molar-refractivity contribution in [2.45, 2.75) is 32.9 Å². The van der Waals surface area contributed by atoms with Crippen molar-refractivity contribution in [3.05, 3.63) is 57.7 Å². The molecular formula is C18H20BrFN4O. The van der Waals surface area contributed by atoms with Gasteiger partial charge in [0.15, 0.2) is 0 Å². The van der Waals surface area contributed by atoms with E-state index in [1.54, 1.807) is 17.7 Å². The number of benzene rings is 1. The lowest BCUT2D eigenvalue weighted by Gasteiger charge is -2.12. The van der Waals surface area contributed by atoms with Crippen LogP contribution in [0.15, 0.2) is 35.2 Å². The molecule has 132 valence electrons. The number of hydrogen-bond donors (Lipinski definition) is 1. The van der Waals surface area contributed by atoms with Crippen molar-refractivity contribution in [3.63, 3.8) is 0 Å². The fourth-order valence-corrected chi connectivity index (χ4v) is 3.36.